The number of hydrogen-bond acceptors (Lipinski definition) is 12. The van der Waals surface area contributed by atoms with Crippen LogP contribution < -0.4 is 26.5 Å². The number of carbonyl (C=O) groups excluding carboxylic acids is 4. The number of amides is 3. The van der Waals surface area contributed by atoms with E-state index in [-0.39, 0.29) is 34.7 Å². The van der Waals surface area contributed by atoms with Crippen molar-refractivity contribution < 1.29 is 33.7 Å². The molecule has 39 heavy (non-hydrogen) atoms. The van der Waals surface area contributed by atoms with Crippen molar-refractivity contribution in [1.29, 1.82) is 0 Å². The number of oxime groups is 1. The molecule has 5 N–H and O–H groups in total. The van der Waals surface area contributed by atoms with Crippen LogP contribution in [0, 0.1) is 12.3 Å². The SMILES string of the molecule is C#CCON=C(C(=O)NC1C(=O)N2C(C(=O)[O-])=C(C=CC[n+]3ccc(C(N)=O)cc3)CS[C@@H]12)c1nsc(N)n1. The first kappa shape index (κ1) is 27.3. The van der Waals surface area contributed by atoms with E-state index in [1.54, 1.807) is 41.2 Å². The predicted octanol–water partition coefficient (Wildman–Crippen LogP) is -2.48. The number of rotatable bonds is 10. The number of pyridine rings is 1. The zero-order valence-electron chi connectivity index (χ0n) is 20.0. The number of fused-ring (bicyclic) bond motifs is 1. The van der Waals surface area contributed by atoms with Gasteiger partial charge in [-0.3, -0.25) is 19.3 Å². The maximum atomic E-state index is 13.0. The number of thioether (sulfide) groups is 1. The van der Waals surface area contributed by atoms with Crippen LogP contribution in [-0.2, 0) is 25.8 Å². The first-order valence-corrected chi connectivity index (χ1v) is 12.9. The van der Waals surface area contributed by atoms with Crippen LogP contribution in [0.1, 0.15) is 16.2 Å². The van der Waals surface area contributed by atoms with Crippen molar-refractivity contribution in [3.8, 4) is 12.3 Å². The van der Waals surface area contributed by atoms with E-state index < -0.39 is 35.1 Å². The highest BCUT2D eigenvalue weighted by molar-refractivity contribution is 8.00. The number of carboxylic acids is 1. The van der Waals surface area contributed by atoms with E-state index in [4.69, 9.17) is 22.7 Å². The van der Waals surface area contributed by atoms with Gasteiger partial charge in [-0.05, 0) is 11.6 Å². The second kappa shape index (κ2) is 11.8. The standard InChI is InChI=1S/C23H20N8O6S2/c1-2-10-37-28-14(18-27-23(25)39-29-18)19(33)26-15-20(34)31-16(22(35)36)13(11-38-21(15)31)4-3-7-30-8-5-12(6-9-30)17(24)32/h1,3-6,8-9,15,21H,7,10-11H2,(H5-,24,25,26,27,29,32,33,35,36)/t15?,21-/m0/s1. The van der Waals surface area contributed by atoms with Crippen LogP contribution in [0.3, 0.4) is 0 Å². The topological polar surface area (TPSA) is 210 Å². The predicted molar refractivity (Wildman–Crippen MR) is 137 cm³/mol. The molecule has 4 heterocycles. The van der Waals surface area contributed by atoms with Gasteiger partial charge in [-0.1, -0.05) is 17.2 Å². The molecule has 4 rings (SSSR count). The summed E-state index contributed by atoms with van der Waals surface area (Å²) in [6, 6.07) is 2.08. The lowest BCUT2D eigenvalue weighted by Crippen LogP contribution is -2.71. The van der Waals surface area contributed by atoms with Gasteiger partial charge in [0.05, 0.1) is 17.2 Å². The summed E-state index contributed by atoms with van der Waals surface area (Å²) in [4.78, 5) is 59.0. The zero-order chi connectivity index (χ0) is 28.1. The Balaban J connectivity index is 1.47. The molecule has 2 aromatic rings. The summed E-state index contributed by atoms with van der Waals surface area (Å²) < 4.78 is 5.68. The van der Waals surface area contributed by atoms with Crippen LogP contribution in [0.4, 0.5) is 5.13 Å². The Morgan fingerprint density at radius 1 is 1.38 bits per heavy atom. The molecular weight excluding hydrogens is 548 g/mol. The normalized spacial score (nSPS) is 18.8. The monoisotopic (exact) mass is 568 g/mol. The van der Waals surface area contributed by atoms with Gasteiger partial charge in [-0.15, -0.1) is 18.2 Å². The van der Waals surface area contributed by atoms with Crippen LogP contribution in [0.25, 0.3) is 0 Å². The number of nitrogens with one attached hydrogen (secondary N) is 1. The minimum Gasteiger partial charge on any atom is -0.543 e. The maximum Gasteiger partial charge on any atom is 0.278 e. The van der Waals surface area contributed by atoms with Crippen molar-refractivity contribution >= 4 is 57.8 Å². The maximum absolute atomic E-state index is 13.0. The summed E-state index contributed by atoms with van der Waals surface area (Å²) >= 11 is 2.10. The Morgan fingerprint density at radius 3 is 2.74 bits per heavy atom. The number of β-lactam (4-membered cyclic amide) rings is 1. The Bertz CT molecular complexity index is 1460. The fraction of sp³-hybridized carbons (Fsp3) is 0.217. The number of nitrogens with two attached hydrogens (primary N) is 2. The van der Waals surface area contributed by atoms with Gasteiger partial charge in [0.15, 0.2) is 30.7 Å². The summed E-state index contributed by atoms with van der Waals surface area (Å²) in [5, 5.41) is 17.6. The molecule has 0 saturated carbocycles. The third kappa shape index (κ3) is 5.89. The number of primary amides is 1. The van der Waals surface area contributed by atoms with E-state index in [0.29, 0.717) is 17.7 Å². The second-order valence-corrected chi connectivity index (χ2v) is 9.83. The van der Waals surface area contributed by atoms with E-state index in [1.807, 2.05) is 0 Å². The van der Waals surface area contributed by atoms with Crippen molar-refractivity contribution in [2.45, 2.75) is 18.0 Å². The number of carbonyl (C=O) groups is 4. The Kier molecular flexibility index (Phi) is 8.22. The number of hydrogen-bond donors (Lipinski definition) is 3. The van der Waals surface area contributed by atoms with Crippen molar-refractivity contribution in [2.75, 3.05) is 18.1 Å². The van der Waals surface area contributed by atoms with Gasteiger partial charge in [-0.25, -0.2) is 4.57 Å². The van der Waals surface area contributed by atoms with Gasteiger partial charge in [0.1, 0.15) is 11.4 Å². The quantitative estimate of drug-likeness (QED) is 0.0686. The third-order valence-electron chi connectivity index (χ3n) is 5.46. The Hall–Kier alpha value is -4.75. The molecule has 14 nitrogen and oxygen atoms in total. The molecule has 0 aromatic carbocycles. The van der Waals surface area contributed by atoms with Crippen molar-refractivity contribution in [3.63, 3.8) is 0 Å². The van der Waals surface area contributed by atoms with E-state index >= 15 is 0 Å². The summed E-state index contributed by atoms with van der Waals surface area (Å²) in [5.74, 6) is -1.22. The van der Waals surface area contributed by atoms with Crippen LogP contribution in [0.5, 0.6) is 0 Å². The van der Waals surface area contributed by atoms with Crippen molar-refractivity contribution in [3.05, 3.63) is 59.3 Å². The lowest BCUT2D eigenvalue weighted by Gasteiger charge is -2.50. The highest BCUT2D eigenvalue weighted by Gasteiger charge is 2.53. The molecule has 200 valence electrons. The lowest BCUT2D eigenvalue weighted by atomic mass is 10.0. The van der Waals surface area contributed by atoms with E-state index in [2.05, 4.69) is 25.8 Å². The molecule has 2 aliphatic rings. The molecule has 0 bridgehead atoms. The Morgan fingerprint density at radius 2 is 2.13 bits per heavy atom. The first-order valence-electron chi connectivity index (χ1n) is 11.1. The molecule has 1 fully saturated rings. The van der Waals surface area contributed by atoms with E-state index in [9.17, 15) is 24.3 Å². The van der Waals surface area contributed by atoms with Gasteiger partial charge in [0.25, 0.3) is 11.8 Å². The number of anilines is 1. The molecule has 0 radical (unpaired) electrons. The van der Waals surface area contributed by atoms with Gasteiger partial charge < -0.3 is 31.5 Å². The van der Waals surface area contributed by atoms with Crippen LogP contribution in [0.2, 0.25) is 0 Å². The number of allylic oxidation sites excluding steroid dienone is 2. The minimum atomic E-state index is -1.52. The number of aromatic nitrogens is 3. The average Bonchev–Trinajstić information content (AvgIpc) is 3.35. The molecule has 1 saturated heterocycles. The number of nitrogen functional groups attached to an aromatic ring is 1. The summed E-state index contributed by atoms with van der Waals surface area (Å²) in [6.07, 6.45) is 11.7. The molecule has 2 atom stereocenters. The third-order valence-corrected chi connectivity index (χ3v) is 7.31. The van der Waals surface area contributed by atoms with Gasteiger partial charge in [-0.2, -0.15) is 9.36 Å². The van der Waals surface area contributed by atoms with Crippen LogP contribution in [0.15, 0.2) is 53.1 Å². The average molecular weight is 569 g/mol. The smallest absolute Gasteiger partial charge is 0.278 e. The van der Waals surface area contributed by atoms with E-state index in [1.165, 1.54) is 11.8 Å². The minimum absolute atomic E-state index is 0.0848. The van der Waals surface area contributed by atoms with E-state index in [0.717, 1.165) is 16.4 Å². The molecular formula is C23H20N8O6S2. The molecule has 1 unspecified atom stereocenters. The molecule has 0 aliphatic carbocycles. The lowest BCUT2D eigenvalue weighted by molar-refractivity contribution is -0.687. The number of aliphatic carboxylic acids is 1. The number of terminal acetylenes is 1. The van der Waals surface area contributed by atoms with Gasteiger partial charge >= 0.3 is 0 Å². The molecule has 3 amide bonds. The number of carboxylic acid groups (broad SMARTS) is 1. The fourth-order valence-corrected chi connectivity index (χ4v) is 5.43. The molecule has 2 aliphatic heterocycles. The number of nitrogens with zero attached hydrogens (tertiary/aromatic N) is 5. The highest BCUT2D eigenvalue weighted by atomic mass is 32.2. The van der Waals surface area contributed by atoms with Crippen molar-refractivity contribution in [2.24, 2.45) is 10.9 Å². The largest absolute Gasteiger partial charge is 0.543 e. The van der Waals surface area contributed by atoms with Crippen LogP contribution >= 0.6 is 23.3 Å². The first-order chi connectivity index (χ1) is 18.7. The fourth-order valence-electron chi connectivity index (χ4n) is 3.68. The second-order valence-electron chi connectivity index (χ2n) is 7.95. The summed E-state index contributed by atoms with van der Waals surface area (Å²) in [7, 11) is 0. The van der Waals surface area contributed by atoms with Crippen LogP contribution in [-0.4, -0.2) is 67.4 Å². The molecule has 16 heteroatoms. The van der Waals surface area contributed by atoms with Gasteiger partial charge in [0.2, 0.25) is 17.4 Å². The summed E-state index contributed by atoms with van der Waals surface area (Å²) in [5.41, 5.74) is 10.9. The molecule has 2 aromatic heterocycles. The zero-order valence-corrected chi connectivity index (χ0v) is 21.6. The van der Waals surface area contributed by atoms with Crippen molar-refractivity contribution in [1.82, 2.24) is 19.6 Å². The van der Waals surface area contributed by atoms with Gasteiger partial charge in [0, 0.05) is 29.4 Å². The molecule has 0 spiro atoms. The highest BCUT2D eigenvalue weighted by Crippen LogP contribution is 2.40. The summed E-state index contributed by atoms with van der Waals surface area (Å²) in [6.45, 7) is 0.140. The Labute approximate surface area is 229 Å².